The molecule has 0 unspecified atom stereocenters. The highest BCUT2D eigenvalue weighted by molar-refractivity contribution is 7.89. The Morgan fingerprint density at radius 2 is 2.24 bits per heavy atom. The van der Waals surface area contributed by atoms with E-state index in [1.165, 1.54) is 11.3 Å². The van der Waals surface area contributed by atoms with Crippen LogP contribution >= 0.6 is 11.3 Å². The van der Waals surface area contributed by atoms with Gasteiger partial charge < -0.3 is 5.32 Å². The first-order valence-electron chi connectivity index (χ1n) is 7.14. The molecule has 0 aromatic carbocycles. The number of rotatable bonds is 7. The molecule has 0 amide bonds. The minimum absolute atomic E-state index is 0.181. The fourth-order valence-corrected chi connectivity index (χ4v) is 4.94. The van der Waals surface area contributed by atoms with Crippen LogP contribution in [0.5, 0.6) is 0 Å². The molecule has 8 heteroatoms. The second-order valence-electron chi connectivity index (χ2n) is 5.65. The van der Waals surface area contributed by atoms with Gasteiger partial charge in [0.25, 0.3) is 10.0 Å². The molecule has 1 saturated carbocycles. The van der Waals surface area contributed by atoms with Crippen molar-refractivity contribution in [2.24, 2.45) is 5.41 Å². The Balaban J connectivity index is 1.88. The van der Waals surface area contributed by atoms with Gasteiger partial charge in [0, 0.05) is 25.2 Å². The van der Waals surface area contributed by atoms with E-state index in [1.807, 2.05) is 5.38 Å². The molecule has 21 heavy (non-hydrogen) atoms. The molecule has 0 aliphatic heterocycles. The Bertz CT molecular complexity index is 743. The zero-order valence-corrected chi connectivity index (χ0v) is 13.9. The van der Waals surface area contributed by atoms with Crippen LogP contribution in [-0.4, -0.2) is 31.4 Å². The molecule has 116 valence electrons. The van der Waals surface area contributed by atoms with Gasteiger partial charge in [-0.25, -0.2) is 18.1 Å². The summed E-state index contributed by atoms with van der Waals surface area (Å²) in [5.74, 6) is 0.398. The van der Waals surface area contributed by atoms with Crippen molar-refractivity contribution in [1.29, 1.82) is 0 Å². The number of nitrogens with zero attached hydrogens (tertiary/aromatic N) is 2. The summed E-state index contributed by atoms with van der Waals surface area (Å²) in [6.07, 6.45) is 6.13. The van der Waals surface area contributed by atoms with Gasteiger partial charge in [-0.05, 0) is 24.7 Å². The lowest BCUT2D eigenvalue weighted by molar-refractivity contribution is 0.449. The predicted molar refractivity (Wildman–Crippen MR) is 84.4 cm³/mol. The topological polar surface area (TPSA) is 75.5 Å². The monoisotopic (exact) mass is 328 g/mol. The van der Waals surface area contributed by atoms with Crippen molar-refractivity contribution in [2.45, 2.75) is 37.6 Å². The van der Waals surface area contributed by atoms with Crippen LogP contribution in [0.2, 0.25) is 0 Å². The maximum atomic E-state index is 12.7. The number of aromatic nitrogens is 2. The minimum atomic E-state index is -3.57. The maximum Gasteiger partial charge on any atom is 0.260 e. The zero-order valence-electron chi connectivity index (χ0n) is 12.2. The molecular formula is C13H20N4O2S2. The molecule has 1 aliphatic rings. The van der Waals surface area contributed by atoms with Crippen LogP contribution < -0.4 is 10.0 Å². The first kappa shape index (κ1) is 14.8. The van der Waals surface area contributed by atoms with E-state index >= 15 is 0 Å². The summed E-state index contributed by atoms with van der Waals surface area (Å²) in [7, 11) is -1.89. The number of imidazole rings is 1. The summed E-state index contributed by atoms with van der Waals surface area (Å²) >= 11 is 1.42. The number of sulfonamides is 1. The molecular weight excluding hydrogens is 308 g/mol. The molecule has 0 bridgehead atoms. The second kappa shape index (κ2) is 5.26. The van der Waals surface area contributed by atoms with Crippen LogP contribution in [0.4, 0.5) is 5.82 Å². The Kier molecular flexibility index (Phi) is 3.71. The van der Waals surface area contributed by atoms with Crippen LogP contribution in [-0.2, 0) is 10.0 Å². The smallest absolute Gasteiger partial charge is 0.260 e. The minimum Gasteiger partial charge on any atom is -0.371 e. The molecule has 1 fully saturated rings. The summed E-state index contributed by atoms with van der Waals surface area (Å²) in [6, 6.07) is 0. The molecule has 0 radical (unpaired) electrons. The highest BCUT2D eigenvalue weighted by Crippen LogP contribution is 2.49. The Morgan fingerprint density at radius 3 is 2.86 bits per heavy atom. The molecule has 3 rings (SSSR count). The Morgan fingerprint density at radius 1 is 1.48 bits per heavy atom. The fraction of sp³-hybridized carbons (Fsp3) is 0.615. The van der Waals surface area contributed by atoms with Crippen molar-refractivity contribution < 1.29 is 8.42 Å². The van der Waals surface area contributed by atoms with Crippen molar-refractivity contribution in [3.8, 4) is 0 Å². The highest BCUT2D eigenvalue weighted by atomic mass is 32.2. The van der Waals surface area contributed by atoms with E-state index in [0.717, 1.165) is 25.7 Å². The molecule has 2 N–H and O–H groups in total. The number of hydrogen-bond donors (Lipinski definition) is 2. The van der Waals surface area contributed by atoms with Gasteiger partial charge in [0.15, 0.2) is 15.8 Å². The predicted octanol–water partition coefficient (Wildman–Crippen LogP) is 2.30. The SMILES string of the molecule is CCCC1(CNS(=O)(=O)c2c(NC)nc3sccn23)CC1. The van der Waals surface area contributed by atoms with E-state index in [9.17, 15) is 8.42 Å². The van der Waals surface area contributed by atoms with Crippen molar-refractivity contribution in [2.75, 3.05) is 18.9 Å². The van der Waals surface area contributed by atoms with Crippen LogP contribution in [0.1, 0.15) is 32.6 Å². The molecule has 0 spiro atoms. The van der Waals surface area contributed by atoms with Gasteiger partial charge in [0.05, 0.1) is 0 Å². The first-order chi connectivity index (χ1) is 10.0. The fourth-order valence-electron chi connectivity index (χ4n) is 2.72. The third kappa shape index (κ3) is 2.67. The Hall–Kier alpha value is -1.12. The summed E-state index contributed by atoms with van der Waals surface area (Å²) < 4.78 is 29.7. The van der Waals surface area contributed by atoms with Gasteiger partial charge in [-0.2, -0.15) is 0 Å². The largest absolute Gasteiger partial charge is 0.371 e. The van der Waals surface area contributed by atoms with Crippen molar-refractivity contribution >= 4 is 32.1 Å². The molecule has 2 aromatic rings. The van der Waals surface area contributed by atoms with E-state index in [4.69, 9.17) is 0 Å². The Labute approximate surface area is 128 Å². The van der Waals surface area contributed by atoms with E-state index in [1.54, 1.807) is 17.6 Å². The van der Waals surface area contributed by atoms with Crippen LogP contribution in [0, 0.1) is 5.41 Å². The van der Waals surface area contributed by atoms with Gasteiger partial charge in [-0.3, -0.25) is 4.40 Å². The van der Waals surface area contributed by atoms with E-state index < -0.39 is 10.0 Å². The molecule has 0 atom stereocenters. The number of fused-ring (bicyclic) bond motifs is 1. The van der Waals surface area contributed by atoms with Gasteiger partial charge in [0.1, 0.15) is 0 Å². The van der Waals surface area contributed by atoms with Crippen LogP contribution in [0.25, 0.3) is 4.96 Å². The summed E-state index contributed by atoms with van der Waals surface area (Å²) in [6.45, 7) is 2.66. The number of hydrogen-bond acceptors (Lipinski definition) is 5. The van der Waals surface area contributed by atoms with Crippen LogP contribution in [0.15, 0.2) is 16.6 Å². The summed E-state index contributed by atoms with van der Waals surface area (Å²) in [5.41, 5.74) is 0.181. The molecule has 1 aliphatic carbocycles. The maximum absolute atomic E-state index is 12.7. The lowest BCUT2D eigenvalue weighted by Gasteiger charge is -2.15. The molecule has 6 nitrogen and oxygen atoms in total. The van der Waals surface area contributed by atoms with Gasteiger partial charge in [-0.15, -0.1) is 11.3 Å². The number of thiazole rings is 1. The zero-order chi connectivity index (χ0) is 15.1. The quantitative estimate of drug-likeness (QED) is 0.818. The molecule has 0 saturated heterocycles. The standard InChI is InChI=1S/C13H20N4O2S2/c1-3-4-13(5-6-13)9-15-21(18,19)11-10(14-2)16-12-17(11)7-8-20-12/h7-8,14-15H,3-6,9H2,1-2H3. The number of nitrogens with one attached hydrogen (secondary N) is 2. The van der Waals surface area contributed by atoms with Crippen molar-refractivity contribution in [1.82, 2.24) is 14.1 Å². The molecule has 2 aromatic heterocycles. The average molecular weight is 328 g/mol. The molecule has 2 heterocycles. The summed E-state index contributed by atoms with van der Waals surface area (Å²) in [5, 5.41) is 4.91. The third-order valence-electron chi connectivity index (χ3n) is 4.08. The van der Waals surface area contributed by atoms with Crippen LogP contribution in [0.3, 0.4) is 0 Å². The normalized spacial score (nSPS) is 17.2. The van der Waals surface area contributed by atoms with Gasteiger partial charge >= 0.3 is 0 Å². The third-order valence-corrected chi connectivity index (χ3v) is 6.26. The second-order valence-corrected chi connectivity index (χ2v) is 8.20. The van der Waals surface area contributed by atoms with E-state index in [0.29, 0.717) is 17.3 Å². The van der Waals surface area contributed by atoms with Gasteiger partial charge in [0.2, 0.25) is 0 Å². The lowest BCUT2D eigenvalue weighted by atomic mass is 10.0. The van der Waals surface area contributed by atoms with Gasteiger partial charge in [-0.1, -0.05) is 13.3 Å². The summed E-state index contributed by atoms with van der Waals surface area (Å²) in [4.78, 5) is 4.98. The first-order valence-corrected chi connectivity index (χ1v) is 9.51. The van der Waals surface area contributed by atoms with Crippen molar-refractivity contribution in [3.05, 3.63) is 11.6 Å². The lowest BCUT2D eigenvalue weighted by Crippen LogP contribution is -2.31. The average Bonchev–Trinajstić information content (AvgIpc) is 2.91. The number of anilines is 1. The van der Waals surface area contributed by atoms with Crippen molar-refractivity contribution in [3.63, 3.8) is 0 Å². The highest BCUT2D eigenvalue weighted by Gasteiger charge is 2.42. The van der Waals surface area contributed by atoms with E-state index in [-0.39, 0.29) is 10.4 Å². The van der Waals surface area contributed by atoms with E-state index in [2.05, 4.69) is 21.9 Å².